The summed E-state index contributed by atoms with van der Waals surface area (Å²) in [5, 5.41) is 9.55. The number of aromatic nitrogens is 2. The average molecular weight is 313 g/mol. The fourth-order valence-electron chi connectivity index (χ4n) is 3.70. The first-order valence-electron chi connectivity index (χ1n) is 8.65. The Hall–Kier alpha value is -1.65. The highest BCUT2D eigenvalue weighted by Gasteiger charge is 2.26. The molecule has 1 heterocycles. The first-order valence-corrected chi connectivity index (χ1v) is 8.65. The van der Waals surface area contributed by atoms with Crippen molar-refractivity contribution in [3.05, 3.63) is 53.6 Å². The lowest BCUT2D eigenvalue weighted by Gasteiger charge is -2.35. The number of hydrogen-bond donors (Lipinski definition) is 1. The van der Waals surface area contributed by atoms with E-state index in [2.05, 4.69) is 52.6 Å². The third kappa shape index (κ3) is 3.48. The van der Waals surface area contributed by atoms with Gasteiger partial charge in [-0.3, -0.25) is 4.90 Å². The highest BCUT2D eigenvalue weighted by atomic mass is 16.3. The molecule has 1 aliphatic carbocycles. The van der Waals surface area contributed by atoms with Crippen molar-refractivity contribution in [3.8, 4) is 0 Å². The molecule has 0 bridgehead atoms. The van der Waals surface area contributed by atoms with Crippen molar-refractivity contribution in [2.24, 2.45) is 0 Å². The fourth-order valence-corrected chi connectivity index (χ4v) is 3.70. The number of aliphatic hydroxyl groups is 1. The molecule has 0 amide bonds. The number of benzene rings is 1. The number of imidazole rings is 1. The largest absolute Gasteiger partial charge is 0.395 e. The van der Waals surface area contributed by atoms with Crippen LogP contribution in [0.5, 0.6) is 0 Å². The van der Waals surface area contributed by atoms with E-state index in [1.807, 2.05) is 12.4 Å². The van der Waals surface area contributed by atoms with Crippen LogP contribution in [0.15, 0.2) is 36.7 Å². The summed E-state index contributed by atoms with van der Waals surface area (Å²) in [6.45, 7) is 6.00. The zero-order valence-corrected chi connectivity index (χ0v) is 14.2. The van der Waals surface area contributed by atoms with Gasteiger partial charge in [0.1, 0.15) is 5.82 Å². The van der Waals surface area contributed by atoms with E-state index in [1.54, 1.807) is 0 Å². The number of aryl methyl sites for hydroxylation is 1. The second-order valence-electron chi connectivity index (χ2n) is 6.65. The molecule has 3 rings (SSSR count). The van der Waals surface area contributed by atoms with Crippen LogP contribution in [0.1, 0.15) is 55.7 Å². The van der Waals surface area contributed by atoms with Crippen molar-refractivity contribution in [2.75, 3.05) is 13.2 Å². The van der Waals surface area contributed by atoms with Gasteiger partial charge in [-0.15, -0.1) is 0 Å². The minimum absolute atomic E-state index is 0.182. The average Bonchev–Trinajstić information content (AvgIpc) is 3.02. The molecule has 1 aromatic heterocycles. The summed E-state index contributed by atoms with van der Waals surface area (Å²) in [5.74, 6) is 1.08. The van der Waals surface area contributed by atoms with Crippen molar-refractivity contribution in [3.63, 3.8) is 0 Å². The topological polar surface area (TPSA) is 41.3 Å². The van der Waals surface area contributed by atoms with Crippen LogP contribution in [0.25, 0.3) is 0 Å². The van der Waals surface area contributed by atoms with Gasteiger partial charge in [-0.1, -0.05) is 24.3 Å². The summed E-state index contributed by atoms with van der Waals surface area (Å²) in [6, 6.07) is 9.53. The van der Waals surface area contributed by atoms with Gasteiger partial charge < -0.3 is 9.67 Å². The molecule has 124 valence electrons. The zero-order valence-electron chi connectivity index (χ0n) is 14.2. The summed E-state index contributed by atoms with van der Waals surface area (Å²) < 4.78 is 2.22. The van der Waals surface area contributed by atoms with Crippen molar-refractivity contribution in [2.45, 2.75) is 51.7 Å². The SMILES string of the molecule is CC(C)n1ccnc1CN(CCO)C1CCCc2ccccc21. The van der Waals surface area contributed by atoms with E-state index in [1.165, 1.54) is 24.0 Å². The number of fused-ring (bicyclic) bond motifs is 1. The van der Waals surface area contributed by atoms with Gasteiger partial charge in [-0.05, 0) is 44.2 Å². The normalized spacial score (nSPS) is 17.7. The summed E-state index contributed by atoms with van der Waals surface area (Å²) in [5.41, 5.74) is 2.88. The van der Waals surface area contributed by atoms with E-state index < -0.39 is 0 Å². The molecule has 0 saturated heterocycles. The maximum absolute atomic E-state index is 9.55. The quantitative estimate of drug-likeness (QED) is 0.889. The number of rotatable bonds is 6. The molecule has 4 nitrogen and oxygen atoms in total. The molecule has 23 heavy (non-hydrogen) atoms. The molecule has 1 N–H and O–H groups in total. The van der Waals surface area contributed by atoms with Crippen molar-refractivity contribution in [1.29, 1.82) is 0 Å². The molecular weight excluding hydrogens is 286 g/mol. The van der Waals surface area contributed by atoms with Crippen LogP contribution in [-0.2, 0) is 13.0 Å². The predicted octanol–water partition coefficient (Wildman–Crippen LogP) is 3.34. The standard InChI is InChI=1S/C19H27N3O/c1-15(2)22-11-10-20-19(22)14-21(12-13-23)18-9-5-7-16-6-3-4-8-17(16)18/h3-4,6,8,10-11,15,18,23H,5,7,9,12-14H2,1-2H3. The highest BCUT2D eigenvalue weighted by molar-refractivity contribution is 5.32. The Labute approximate surface area is 138 Å². The molecule has 0 fully saturated rings. The van der Waals surface area contributed by atoms with Gasteiger partial charge in [0.15, 0.2) is 0 Å². The summed E-state index contributed by atoms with van der Waals surface area (Å²) in [7, 11) is 0. The van der Waals surface area contributed by atoms with E-state index in [-0.39, 0.29) is 6.61 Å². The monoisotopic (exact) mass is 313 g/mol. The Morgan fingerprint density at radius 2 is 2.17 bits per heavy atom. The molecule has 0 aliphatic heterocycles. The van der Waals surface area contributed by atoms with E-state index in [0.717, 1.165) is 18.8 Å². The first-order chi connectivity index (χ1) is 11.2. The van der Waals surface area contributed by atoms with Crippen LogP contribution in [0, 0.1) is 0 Å². The van der Waals surface area contributed by atoms with Gasteiger partial charge in [0.05, 0.1) is 13.2 Å². The molecule has 0 spiro atoms. The van der Waals surface area contributed by atoms with Gasteiger partial charge in [-0.25, -0.2) is 4.98 Å². The second-order valence-corrected chi connectivity index (χ2v) is 6.65. The van der Waals surface area contributed by atoms with Gasteiger partial charge in [0.2, 0.25) is 0 Å². The molecule has 1 unspecified atom stereocenters. The third-order valence-electron chi connectivity index (χ3n) is 4.82. The molecule has 2 aromatic rings. The Bertz CT molecular complexity index is 635. The van der Waals surface area contributed by atoms with Crippen molar-refractivity contribution < 1.29 is 5.11 Å². The van der Waals surface area contributed by atoms with Gasteiger partial charge in [0.25, 0.3) is 0 Å². The molecule has 4 heteroatoms. The lowest BCUT2D eigenvalue weighted by Crippen LogP contribution is -2.34. The predicted molar refractivity (Wildman–Crippen MR) is 92.2 cm³/mol. The van der Waals surface area contributed by atoms with Crippen molar-refractivity contribution >= 4 is 0 Å². The lowest BCUT2D eigenvalue weighted by molar-refractivity contribution is 0.126. The maximum atomic E-state index is 9.55. The third-order valence-corrected chi connectivity index (χ3v) is 4.82. The van der Waals surface area contributed by atoms with Gasteiger partial charge in [0, 0.05) is 31.0 Å². The molecule has 1 aliphatic rings. The van der Waals surface area contributed by atoms with Crippen molar-refractivity contribution in [1.82, 2.24) is 14.5 Å². The molecule has 0 radical (unpaired) electrons. The number of nitrogens with zero attached hydrogens (tertiary/aromatic N) is 3. The Morgan fingerprint density at radius 1 is 1.35 bits per heavy atom. The van der Waals surface area contributed by atoms with Crippen LogP contribution in [0.3, 0.4) is 0 Å². The van der Waals surface area contributed by atoms with Crippen LogP contribution in [0.4, 0.5) is 0 Å². The van der Waals surface area contributed by atoms with Crippen LogP contribution in [0.2, 0.25) is 0 Å². The Balaban J connectivity index is 1.86. The minimum Gasteiger partial charge on any atom is -0.395 e. The molecular formula is C19H27N3O. The first kappa shape index (κ1) is 16.2. The van der Waals surface area contributed by atoms with Gasteiger partial charge >= 0.3 is 0 Å². The molecule has 0 saturated carbocycles. The summed E-state index contributed by atoms with van der Waals surface area (Å²) in [6.07, 6.45) is 7.45. The Kier molecular flexibility index (Phi) is 5.13. The summed E-state index contributed by atoms with van der Waals surface area (Å²) >= 11 is 0. The smallest absolute Gasteiger partial charge is 0.123 e. The lowest BCUT2D eigenvalue weighted by atomic mass is 9.87. The zero-order chi connectivity index (χ0) is 16.2. The Morgan fingerprint density at radius 3 is 2.96 bits per heavy atom. The van der Waals surface area contributed by atoms with E-state index >= 15 is 0 Å². The van der Waals surface area contributed by atoms with E-state index in [9.17, 15) is 5.11 Å². The van der Waals surface area contributed by atoms with E-state index in [0.29, 0.717) is 18.6 Å². The fraction of sp³-hybridized carbons (Fsp3) is 0.526. The van der Waals surface area contributed by atoms with Crippen LogP contribution in [-0.4, -0.2) is 32.7 Å². The highest BCUT2D eigenvalue weighted by Crippen LogP contribution is 2.34. The summed E-state index contributed by atoms with van der Waals surface area (Å²) in [4.78, 5) is 6.94. The molecule has 1 atom stereocenters. The second kappa shape index (κ2) is 7.28. The van der Waals surface area contributed by atoms with Gasteiger partial charge in [-0.2, -0.15) is 0 Å². The number of aliphatic hydroxyl groups excluding tert-OH is 1. The molecule has 1 aromatic carbocycles. The number of hydrogen-bond acceptors (Lipinski definition) is 3. The van der Waals surface area contributed by atoms with Crippen LogP contribution >= 0.6 is 0 Å². The minimum atomic E-state index is 0.182. The van der Waals surface area contributed by atoms with E-state index in [4.69, 9.17) is 0 Å². The van der Waals surface area contributed by atoms with Crippen LogP contribution < -0.4 is 0 Å². The maximum Gasteiger partial charge on any atom is 0.123 e.